The number of carboxylic acids is 2. The summed E-state index contributed by atoms with van der Waals surface area (Å²) in [5, 5.41) is 35.9. The number of hydrogen-bond acceptors (Lipinski definition) is 8. The van der Waals surface area contributed by atoms with Gasteiger partial charge in [0.25, 0.3) is 10.1 Å². The van der Waals surface area contributed by atoms with Crippen LogP contribution in [0.2, 0.25) is 0 Å². The van der Waals surface area contributed by atoms with Gasteiger partial charge >= 0.3 is 11.9 Å². The highest BCUT2D eigenvalue weighted by Gasteiger charge is 2.23. The molecule has 0 aliphatic heterocycles. The largest absolute Gasteiger partial charge is 0.505 e. The molecule has 0 aliphatic rings. The number of aromatic hydroxyl groups is 1. The average molecular weight is 409 g/mol. The number of rotatable bonds is 7. The first-order valence-electron chi connectivity index (χ1n) is 7.67. The number of azo groups is 1. The molecule has 0 spiro atoms. The van der Waals surface area contributed by atoms with Gasteiger partial charge < -0.3 is 15.3 Å². The van der Waals surface area contributed by atoms with E-state index in [0.717, 1.165) is 12.1 Å². The lowest BCUT2D eigenvalue weighted by Crippen LogP contribution is -2.08. The first-order chi connectivity index (χ1) is 13.0. The predicted molar refractivity (Wildman–Crippen MR) is 94.0 cm³/mol. The Kier molecular flexibility index (Phi) is 6.06. The second kappa shape index (κ2) is 8.10. The molecule has 0 saturated heterocycles. The van der Waals surface area contributed by atoms with Crippen LogP contribution in [0, 0.1) is 6.92 Å². The van der Waals surface area contributed by atoms with Gasteiger partial charge in [-0.2, -0.15) is 8.42 Å². The minimum absolute atomic E-state index is 0.0350. The molecular formula is C16H15N3O8S. The summed E-state index contributed by atoms with van der Waals surface area (Å²) in [7, 11) is -4.37. The van der Waals surface area contributed by atoms with Crippen LogP contribution in [-0.2, 0) is 21.3 Å². The molecule has 1 aromatic heterocycles. The van der Waals surface area contributed by atoms with E-state index in [1.165, 1.54) is 19.1 Å². The number of aromatic carboxylic acids is 1. The first kappa shape index (κ1) is 20.9. The summed E-state index contributed by atoms with van der Waals surface area (Å²) in [6.07, 6.45) is -0.677. The third-order valence-electron chi connectivity index (χ3n) is 3.62. The quantitative estimate of drug-likeness (QED) is 0.393. The lowest BCUT2D eigenvalue weighted by molar-refractivity contribution is -0.136. The van der Waals surface area contributed by atoms with E-state index in [1.807, 2.05) is 0 Å². The number of carbonyl (C=O) groups is 2. The second-order valence-corrected chi connectivity index (χ2v) is 7.01. The average Bonchev–Trinajstić information content (AvgIpc) is 2.60. The third kappa shape index (κ3) is 4.86. The molecule has 1 aromatic carbocycles. The van der Waals surface area contributed by atoms with Crippen LogP contribution >= 0.6 is 0 Å². The molecule has 28 heavy (non-hydrogen) atoms. The van der Waals surface area contributed by atoms with E-state index in [1.54, 1.807) is 0 Å². The van der Waals surface area contributed by atoms with Gasteiger partial charge in [0, 0.05) is 12.0 Å². The van der Waals surface area contributed by atoms with Crippen molar-refractivity contribution in [3.63, 3.8) is 0 Å². The number of aryl methyl sites for hydroxylation is 1. The van der Waals surface area contributed by atoms with Gasteiger partial charge in [0.05, 0.1) is 16.3 Å². The van der Waals surface area contributed by atoms with Gasteiger partial charge in [-0.3, -0.25) is 9.35 Å². The Balaban J connectivity index is 2.50. The molecule has 148 valence electrons. The van der Waals surface area contributed by atoms with E-state index in [4.69, 9.17) is 9.66 Å². The molecule has 0 atom stereocenters. The smallest absolute Gasteiger partial charge is 0.339 e. The van der Waals surface area contributed by atoms with Crippen LogP contribution in [0.25, 0.3) is 0 Å². The van der Waals surface area contributed by atoms with Crippen molar-refractivity contribution in [2.45, 2.75) is 24.7 Å². The fraction of sp³-hybridized carbons (Fsp3) is 0.188. The van der Waals surface area contributed by atoms with Gasteiger partial charge in [-0.25, -0.2) is 9.78 Å². The van der Waals surface area contributed by atoms with Crippen molar-refractivity contribution in [3.8, 4) is 5.75 Å². The van der Waals surface area contributed by atoms with Crippen LogP contribution in [-0.4, -0.2) is 45.2 Å². The Morgan fingerprint density at radius 1 is 1.11 bits per heavy atom. The van der Waals surface area contributed by atoms with Crippen LogP contribution in [0.3, 0.4) is 0 Å². The zero-order chi connectivity index (χ0) is 21.1. The molecule has 0 aliphatic carbocycles. The van der Waals surface area contributed by atoms with Gasteiger partial charge in [0.1, 0.15) is 5.56 Å². The number of hydrogen-bond donors (Lipinski definition) is 4. The van der Waals surface area contributed by atoms with Crippen molar-refractivity contribution in [1.82, 2.24) is 4.98 Å². The highest BCUT2D eigenvalue weighted by molar-refractivity contribution is 7.85. The fourth-order valence-corrected chi connectivity index (χ4v) is 2.77. The Bertz CT molecular complexity index is 1060. The fourth-order valence-electron chi connectivity index (χ4n) is 2.29. The molecule has 2 aromatic rings. The monoisotopic (exact) mass is 409 g/mol. The first-order valence-corrected chi connectivity index (χ1v) is 9.11. The summed E-state index contributed by atoms with van der Waals surface area (Å²) in [5.41, 5.74) is -0.478. The Labute approximate surface area is 158 Å². The van der Waals surface area contributed by atoms with Crippen LogP contribution in [0.5, 0.6) is 5.75 Å². The highest BCUT2D eigenvalue weighted by Crippen LogP contribution is 2.33. The van der Waals surface area contributed by atoms with E-state index < -0.39 is 39.8 Å². The van der Waals surface area contributed by atoms with Gasteiger partial charge in [-0.05, 0) is 37.6 Å². The van der Waals surface area contributed by atoms with Crippen molar-refractivity contribution in [2.24, 2.45) is 10.2 Å². The van der Waals surface area contributed by atoms with Gasteiger partial charge in [-0.15, -0.1) is 10.2 Å². The summed E-state index contributed by atoms with van der Waals surface area (Å²) in [6, 6.07) is 4.67. The molecule has 1 heterocycles. The molecule has 0 saturated carbocycles. The van der Waals surface area contributed by atoms with Crippen molar-refractivity contribution in [1.29, 1.82) is 0 Å². The van der Waals surface area contributed by atoms with E-state index >= 15 is 0 Å². The molecule has 0 fully saturated rings. The number of aromatic nitrogens is 1. The summed E-state index contributed by atoms with van der Waals surface area (Å²) >= 11 is 0. The van der Waals surface area contributed by atoms with Crippen LogP contribution in [0.4, 0.5) is 11.5 Å². The molecule has 0 radical (unpaired) electrons. The summed E-state index contributed by atoms with van der Waals surface area (Å²) < 4.78 is 31.0. The molecule has 0 bridgehead atoms. The minimum atomic E-state index is -4.37. The number of carboxylic acid groups (broad SMARTS) is 2. The Morgan fingerprint density at radius 2 is 1.71 bits per heavy atom. The lowest BCUT2D eigenvalue weighted by Gasteiger charge is -2.11. The topological polar surface area (TPSA) is 187 Å². The maximum Gasteiger partial charge on any atom is 0.339 e. The number of benzene rings is 1. The Morgan fingerprint density at radius 3 is 2.21 bits per heavy atom. The van der Waals surface area contributed by atoms with Crippen molar-refractivity contribution in [2.75, 3.05) is 0 Å². The molecule has 12 heteroatoms. The van der Waals surface area contributed by atoms with Crippen molar-refractivity contribution < 1.29 is 37.9 Å². The molecule has 2 rings (SSSR count). The molecule has 11 nitrogen and oxygen atoms in total. The van der Waals surface area contributed by atoms with E-state index in [-0.39, 0.29) is 34.1 Å². The van der Waals surface area contributed by atoms with Gasteiger partial charge in [-0.1, -0.05) is 0 Å². The van der Waals surface area contributed by atoms with Crippen molar-refractivity contribution >= 4 is 33.6 Å². The van der Waals surface area contributed by atoms with E-state index in [9.17, 15) is 28.2 Å². The van der Waals surface area contributed by atoms with E-state index in [2.05, 4.69) is 15.2 Å². The Hall–Kier alpha value is -3.38. The van der Waals surface area contributed by atoms with Gasteiger partial charge in [0.2, 0.25) is 0 Å². The molecule has 4 N–H and O–H groups in total. The zero-order valence-electron chi connectivity index (χ0n) is 14.4. The number of pyridine rings is 1. The van der Waals surface area contributed by atoms with Gasteiger partial charge in [0.15, 0.2) is 11.6 Å². The molecular weight excluding hydrogens is 394 g/mol. The predicted octanol–water partition coefficient (Wildman–Crippen LogP) is 2.47. The summed E-state index contributed by atoms with van der Waals surface area (Å²) in [5.74, 6) is -3.44. The molecule has 0 amide bonds. The maximum atomic E-state index is 11.5. The molecule has 0 unspecified atom stereocenters. The van der Waals surface area contributed by atoms with Crippen molar-refractivity contribution in [3.05, 3.63) is 41.1 Å². The summed E-state index contributed by atoms with van der Waals surface area (Å²) in [6.45, 7) is 1.35. The maximum absolute atomic E-state index is 11.5. The zero-order valence-corrected chi connectivity index (χ0v) is 15.2. The standard InChI is InChI=1S/C16H15N3O8S/c1-8-14(22)13(16(23)24)11(6-7-12(20)21)15(17-8)19-18-9-2-4-10(5-3-9)28(25,26)27/h2-5,22H,6-7H2,1H3,(H,20,21)(H,23,24)(H,25,26,27)/b19-18+. The van der Waals surface area contributed by atoms with Crippen LogP contribution < -0.4 is 0 Å². The second-order valence-electron chi connectivity index (χ2n) is 5.59. The normalized spacial score (nSPS) is 11.6. The lowest BCUT2D eigenvalue weighted by atomic mass is 10.0. The third-order valence-corrected chi connectivity index (χ3v) is 4.49. The number of nitrogens with zero attached hydrogens (tertiary/aromatic N) is 3. The SMILES string of the molecule is Cc1nc(/N=N/c2ccc(S(=O)(=O)O)cc2)c(CCC(=O)O)c(C(=O)O)c1O. The van der Waals surface area contributed by atoms with Crippen LogP contribution in [0.15, 0.2) is 39.4 Å². The minimum Gasteiger partial charge on any atom is -0.505 e. The number of aliphatic carboxylic acids is 1. The van der Waals surface area contributed by atoms with Crippen LogP contribution in [0.1, 0.15) is 28.0 Å². The highest BCUT2D eigenvalue weighted by atomic mass is 32.2. The van der Waals surface area contributed by atoms with E-state index in [0.29, 0.717) is 0 Å². The summed E-state index contributed by atoms with van der Waals surface area (Å²) in [4.78, 5) is 26.0.